The Kier molecular flexibility index (Phi) is 5.99. The second-order valence-electron chi connectivity index (χ2n) is 5.70. The summed E-state index contributed by atoms with van der Waals surface area (Å²) >= 11 is 6.02. The Morgan fingerprint density at radius 1 is 1.12 bits per heavy atom. The van der Waals surface area contributed by atoms with Crippen LogP contribution < -0.4 is 10.2 Å². The molecule has 0 atom stereocenters. The Bertz CT molecular complexity index is 759. The fraction of sp³-hybridized carbons (Fsp3) is 0.263. The van der Waals surface area contributed by atoms with Crippen molar-refractivity contribution in [2.24, 2.45) is 0 Å². The van der Waals surface area contributed by atoms with Crippen molar-refractivity contribution in [1.29, 1.82) is 0 Å². The topological polar surface area (TPSA) is 49.4 Å². The summed E-state index contributed by atoms with van der Waals surface area (Å²) in [6, 6.07) is 12.8. The van der Waals surface area contributed by atoms with Crippen molar-refractivity contribution in [2.75, 3.05) is 18.0 Å². The average molecular weight is 345 g/mol. The fourth-order valence-electron chi connectivity index (χ4n) is 2.58. The van der Waals surface area contributed by atoms with E-state index in [4.69, 9.17) is 11.6 Å². The first-order valence-corrected chi connectivity index (χ1v) is 8.16. The van der Waals surface area contributed by atoms with Crippen LogP contribution in [0.2, 0.25) is 5.02 Å². The van der Waals surface area contributed by atoms with Crippen LogP contribution in [0.4, 0.5) is 5.69 Å². The van der Waals surface area contributed by atoms with E-state index in [0.717, 1.165) is 16.8 Å². The molecule has 2 rings (SSSR count). The maximum absolute atomic E-state index is 12.2. The van der Waals surface area contributed by atoms with Crippen molar-refractivity contribution >= 4 is 29.1 Å². The molecule has 0 radical (unpaired) electrons. The zero-order chi connectivity index (χ0) is 17.7. The van der Waals surface area contributed by atoms with Gasteiger partial charge in [0.05, 0.1) is 10.6 Å². The minimum atomic E-state index is -0.246. The standard InChI is InChI=1S/C19H21ClN2O2/c1-13-8-9-18(14(2)12-13)22(15(3)23)11-10-21-19(24)16-6-4-5-7-17(16)20/h4-9,12H,10-11H2,1-3H3,(H,21,24). The number of carbonyl (C=O) groups excluding carboxylic acids is 2. The van der Waals surface area contributed by atoms with Crippen LogP contribution in [0.15, 0.2) is 42.5 Å². The molecule has 1 N–H and O–H groups in total. The summed E-state index contributed by atoms with van der Waals surface area (Å²) in [4.78, 5) is 25.8. The SMILES string of the molecule is CC(=O)N(CCNC(=O)c1ccccc1Cl)c1ccc(C)cc1C. The van der Waals surface area contributed by atoms with Crippen LogP contribution in [0.25, 0.3) is 0 Å². The van der Waals surface area contributed by atoms with Crippen LogP contribution in [-0.2, 0) is 4.79 Å². The number of halogens is 1. The molecule has 0 unspecified atom stereocenters. The summed E-state index contributed by atoms with van der Waals surface area (Å²) in [5.74, 6) is -0.307. The highest BCUT2D eigenvalue weighted by atomic mass is 35.5. The molecule has 2 amide bonds. The second kappa shape index (κ2) is 7.97. The van der Waals surface area contributed by atoms with Gasteiger partial charge in [0.2, 0.25) is 5.91 Å². The maximum Gasteiger partial charge on any atom is 0.252 e. The third-order valence-electron chi connectivity index (χ3n) is 3.76. The lowest BCUT2D eigenvalue weighted by atomic mass is 10.1. The van der Waals surface area contributed by atoms with E-state index in [1.807, 2.05) is 32.0 Å². The van der Waals surface area contributed by atoms with Crippen molar-refractivity contribution in [1.82, 2.24) is 5.32 Å². The molecule has 0 saturated heterocycles. The monoisotopic (exact) mass is 344 g/mol. The molecule has 5 heteroatoms. The number of rotatable bonds is 5. The molecule has 0 aliphatic rings. The van der Waals surface area contributed by atoms with Crippen LogP contribution in [0, 0.1) is 13.8 Å². The molecule has 0 bridgehead atoms. The molecule has 2 aromatic rings. The first-order chi connectivity index (χ1) is 11.4. The lowest BCUT2D eigenvalue weighted by Gasteiger charge is -2.23. The van der Waals surface area contributed by atoms with Crippen molar-refractivity contribution in [3.8, 4) is 0 Å². The predicted octanol–water partition coefficient (Wildman–Crippen LogP) is 3.74. The summed E-state index contributed by atoms with van der Waals surface area (Å²) in [7, 11) is 0. The van der Waals surface area contributed by atoms with E-state index < -0.39 is 0 Å². The number of hydrogen-bond acceptors (Lipinski definition) is 2. The van der Waals surface area contributed by atoms with E-state index in [1.54, 1.807) is 29.2 Å². The van der Waals surface area contributed by atoms with Gasteiger partial charge in [-0.3, -0.25) is 9.59 Å². The summed E-state index contributed by atoms with van der Waals surface area (Å²) in [5, 5.41) is 3.22. The fourth-order valence-corrected chi connectivity index (χ4v) is 2.80. The largest absolute Gasteiger partial charge is 0.350 e. The summed E-state index contributed by atoms with van der Waals surface area (Å²) in [6.07, 6.45) is 0. The second-order valence-corrected chi connectivity index (χ2v) is 6.10. The van der Waals surface area contributed by atoms with E-state index >= 15 is 0 Å². The lowest BCUT2D eigenvalue weighted by Crippen LogP contribution is -2.38. The number of hydrogen-bond donors (Lipinski definition) is 1. The summed E-state index contributed by atoms with van der Waals surface area (Å²) < 4.78 is 0. The minimum absolute atomic E-state index is 0.0612. The van der Waals surface area contributed by atoms with E-state index in [9.17, 15) is 9.59 Å². The summed E-state index contributed by atoms with van der Waals surface area (Å²) in [5.41, 5.74) is 3.47. The molecule has 0 saturated carbocycles. The molecule has 0 heterocycles. The molecule has 0 fully saturated rings. The van der Waals surface area contributed by atoms with Crippen LogP contribution >= 0.6 is 11.6 Å². The molecule has 0 spiro atoms. The number of benzene rings is 2. The van der Waals surface area contributed by atoms with Crippen molar-refractivity contribution in [2.45, 2.75) is 20.8 Å². The van der Waals surface area contributed by atoms with Crippen LogP contribution in [0.5, 0.6) is 0 Å². The molecular weight excluding hydrogens is 324 g/mol. The van der Waals surface area contributed by atoms with Gasteiger partial charge in [-0.15, -0.1) is 0 Å². The highest BCUT2D eigenvalue weighted by Gasteiger charge is 2.15. The smallest absolute Gasteiger partial charge is 0.252 e. The van der Waals surface area contributed by atoms with Gasteiger partial charge in [0, 0.05) is 25.7 Å². The Balaban J connectivity index is 2.04. The summed E-state index contributed by atoms with van der Waals surface area (Å²) in [6.45, 7) is 6.25. The van der Waals surface area contributed by atoms with Crippen LogP contribution in [0.1, 0.15) is 28.4 Å². The number of aryl methyl sites for hydroxylation is 2. The van der Waals surface area contributed by atoms with Gasteiger partial charge in [-0.25, -0.2) is 0 Å². The quantitative estimate of drug-likeness (QED) is 0.898. The van der Waals surface area contributed by atoms with E-state index in [1.165, 1.54) is 6.92 Å². The Morgan fingerprint density at radius 3 is 2.46 bits per heavy atom. The number of anilines is 1. The molecule has 126 valence electrons. The first-order valence-electron chi connectivity index (χ1n) is 7.78. The van der Waals surface area contributed by atoms with Gasteiger partial charge in [-0.05, 0) is 37.6 Å². The van der Waals surface area contributed by atoms with E-state index in [2.05, 4.69) is 5.32 Å². The third-order valence-corrected chi connectivity index (χ3v) is 4.09. The molecule has 4 nitrogen and oxygen atoms in total. The molecule has 0 aromatic heterocycles. The minimum Gasteiger partial charge on any atom is -0.350 e. The maximum atomic E-state index is 12.2. The van der Waals surface area contributed by atoms with Gasteiger partial charge >= 0.3 is 0 Å². The van der Waals surface area contributed by atoms with Gasteiger partial charge in [-0.2, -0.15) is 0 Å². The van der Waals surface area contributed by atoms with Crippen molar-refractivity contribution in [3.63, 3.8) is 0 Å². The highest BCUT2D eigenvalue weighted by molar-refractivity contribution is 6.33. The van der Waals surface area contributed by atoms with Gasteiger partial charge in [0.1, 0.15) is 0 Å². The number of nitrogens with zero attached hydrogens (tertiary/aromatic N) is 1. The van der Waals surface area contributed by atoms with Crippen LogP contribution in [-0.4, -0.2) is 24.9 Å². The number of nitrogens with one attached hydrogen (secondary N) is 1. The molecule has 0 aliphatic carbocycles. The van der Waals surface area contributed by atoms with E-state index in [-0.39, 0.29) is 11.8 Å². The van der Waals surface area contributed by atoms with Gasteiger partial charge in [-0.1, -0.05) is 41.4 Å². The normalized spacial score (nSPS) is 10.3. The highest BCUT2D eigenvalue weighted by Crippen LogP contribution is 2.21. The van der Waals surface area contributed by atoms with Gasteiger partial charge < -0.3 is 10.2 Å². The van der Waals surface area contributed by atoms with Gasteiger partial charge in [0.15, 0.2) is 0 Å². The third kappa shape index (κ3) is 4.36. The molecule has 2 aromatic carbocycles. The zero-order valence-corrected chi connectivity index (χ0v) is 14.9. The zero-order valence-electron chi connectivity index (χ0n) is 14.1. The molecular formula is C19H21ClN2O2. The first kappa shape index (κ1) is 18.0. The predicted molar refractivity (Wildman–Crippen MR) is 97.7 cm³/mol. The van der Waals surface area contributed by atoms with E-state index in [0.29, 0.717) is 23.7 Å². The van der Waals surface area contributed by atoms with Crippen LogP contribution in [0.3, 0.4) is 0 Å². The Labute approximate surface area is 147 Å². The van der Waals surface area contributed by atoms with Crippen molar-refractivity contribution in [3.05, 3.63) is 64.2 Å². The lowest BCUT2D eigenvalue weighted by molar-refractivity contribution is -0.116. The average Bonchev–Trinajstić information content (AvgIpc) is 2.52. The Hall–Kier alpha value is -2.33. The molecule has 0 aliphatic heterocycles. The number of carbonyl (C=O) groups is 2. The number of amides is 2. The van der Waals surface area contributed by atoms with Crippen molar-refractivity contribution < 1.29 is 9.59 Å². The Morgan fingerprint density at radius 2 is 1.83 bits per heavy atom. The molecule has 24 heavy (non-hydrogen) atoms. The van der Waals surface area contributed by atoms with Gasteiger partial charge in [0.25, 0.3) is 5.91 Å².